The fourth-order valence-corrected chi connectivity index (χ4v) is 2.36. The van der Waals surface area contributed by atoms with Crippen molar-refractivity contribution < 1.29 is 4.79 Å². The van der Waals surface area contributed by atoms with Crippen LogP contribution in [0.2, 0.25) is 0 Å². The lowest BCUT2D eigenvalue weighted by Crippen LogP contribution is -2.40. The van der Waals surface area contributed by atoms with Crippen molar-refractivity contribution in [3.63, 3.8) is 0 Å². The third kappa shape index (κ3) is 4.88. The molecule has 0 aromatic carbocycles. The van der Waals surface area contributed by atoms with Crippen LogP contribution in [0.1, 0.15) is 32.1 Å². The molecular formula is C13H22N2OS. The number of carbonyl (C=O) groups excluding carboxylic acids is 1. The van der Waals surface area contributed by atoms with Crippen molar-refractivity contribution in [1.29, 1.82) is 0 Å². The lowest BCUT2D eigenvalue weighted by Gasteiger charge is -2.23. The Bertz CT molecular complexity index is 333. The highest BCUT2D eigenvalue weighted by atomic mass is 32.1. The third-order valence-electron chi connectivity index (χ3n) is 2.63. The number of thiophene rings is 1. The van der Waals surface area contributed by atoms with Crippen LogP contribution < -0.4 is 10.6 Å². The molecule has 1 heterocycles. The molecule has 1 aromatic heterocycles. The van der Waals surface area contributed by atoms with Crippen molar-refractivity contribution in [3.05, 3.63) is 22.4 Å². The van der Waals surface area contributed by atoms with Crippen molar-refractivity contribution in [1.82, 2.24) is 10.6 Å². The molecule has 0 radical (unpaired) electrons. The molecule has 0 aliphatic rings. The standard InChI is InChI=1S/C13H22N2OS/c1-4-7-14-9-12(16)15-10-13(2,3)11-6-5-8-17-11/h5-6,8,14H,4,7,9-10H2,1-3H3,(H,15,16). The molecule has 17 heavy (non-hydrogen) atoms. The number of nitrogens with one attached hydrogen (secondary N) is 2. The highest BCUT2D eigenvalue weighted by Gasteiger charge is 2.22. The summed E-state index contributed by atoms with van der Waals surface area (Å²) in [6.07, 6.45) is 1.05. The summed E-state index contributed by atoms with van der Waals surface area (Å²) >= 11 is 1.74. The Hall–Kier alpha value is -0.870. The largest absolute Gasteiger partial charge is 0.354 e. The van der Waals surface area contributed by atoms with Gasteiger partial charge in [0.15, 0.2) is 0 Å². The second-order valence-electron chi connectivity index (χ2n) is 4.81. The number of hydrogen-bond donors (Lipinski definition) is 2. The molecule has 0 atom stereocenters. The number of carbonyl (C=O) groups is 1. The maximum Gasteiger partial charge on any atom is 0.233 e. The van der Waals surface area contributed by atoms with Gasteiger partial charge in [0.05, 0.1) is 6.54 Å². The minimum absolute atomic E-state index is 0.00851. The van der Waals surface area contributed by atoms with Gasteiger partial charge in [0.25, 0.3) is 0 Å². The fraction of sp³-hybridized carbons (Fsp3) is 0.615. The minimum Gasteiger partial charge on any atom is -0.354 e. The van der Waals surface area contributed by atoms with E-state index in [0.29, 0.717) is 13.1 Å². The van der Waals surface area contributed by atoms with E-state index in [9.17, 15) is 4.79 Å². The Kier molecular flexibility index (Phi) is 5.65. The Morgan fingerprint density at radius 2 is 2.24 bits per heavy atom. The molecule has 0 fully saturated rings. The van der Waals surface area contributed by atoms with Crippen LogP contribution in [0.15, 0.2) is 17.5 Å². The molecule has 2 N–H and O–H groups in total. The molecule has 0 spiro atoms. The van der Waals surface area contributed by atoms with Crippen LogP contribution in [0.25, 0.3) is 0 Å². The maximum absolute atomic E-state index is 11.6. The maximum atomic E-state index is 11.6. The average Bonchev–Trinajstić information content (AvgIpc) is 2.81. The van der Waals surface area contributed by atoms with Gasteiger partial charge in [-0.1, -0.05) is 26.8 Å². The summed E-state index contributed by atoms with van der Waals surface area (Å²) in [6, 6.07) is 4.17. The van der Waals surface area contributed by atoms with Crippen molar-refractivity contribution in [2.45, 2.75) is 32.6 Å². The zero-order valence-corrected chi connectivity index (χ0v) is 11.7. The van der Waals surface area contributed by atoms with Crippen LogP contribution in [0.5, 0.6) is 0 Å². The van der Waals surface area contributed by atoms with Crippen molar-refractivity contribution in [3.8, 4) is 0 Å². The van der Waals surface area contributed by atoms with Gasteiger partial charge < -0.3 is 10.6 Å². The fourth-order valence-electron chi connectivity index (χ4n) is 1.51. The lowest BCUT2D eigenvalue weighted by atomic mass is 9.91. The Morgan fingerprint density at radius 3 is 2.82 bits per heavy atom. The van der Waals surface area contributed by atoms with E-state index < -0.39 is 0 Å². The van der Waals surface area contributed by atoms with Gasteiger partial charge in [-0.05, 0) is 24.4 Å². The number of rotatable bonds is 7. The highest BCUT2D eigenvalue weighted by molar-refractivity contribution is 7.10. The van der Waals surface area contributed by atoms with Crippen LogP contribution >= 0.6 is 11.3 Å². The van der Waals surface area contributed by atoms with E-state index in [-0.39, 0.29) is 11.3 Å². The Morgan fingerprint density at radius 1 is 1.47 bits per heavy atom. The molecule has 1 rings (SSSR count). The second kappa shape index (κ2) is 6.77. The summed E-state index contributed by atoms with van der Waals surface area (Å²) in [5, 5.41) is 8.14. The smallest absolute Gasteiger partial charge is 0.233 e. The predicted molar refractivity (Wildman–Crippen MR) is 73.5 cm³/mol. The van der Waals surface area contributed by atoms with Crippen molar-refractivity contribution >= 4 is 17.2 Å². The minimum atomic E-state index is 0.00851. The van der Waals surface area contributed by atoms with E-state index in [2.05, 4.69) is 42.9 Å². The summed E-state index contributed by atoms with van der Waals surface area (Å²) in [5.74, 6) is 0.0723. The first-order valence-electron chi connectivity index (χ1n) is 6.07. The van der Waals surface area contributed by atoms with E-state index in [0.717, 1.165) is 13.0 Å². The molecule has 1 aromatic rings. The summed E-state index contributed by atoms with van der Waals surface area (Å²) in [6.45, 7) is 8.37. The van der Waals surface area contributed by atoms with Gasteiger partial charge in [-0.3, -0.25) is 4.79 Å². The summed E-state index contributed by atoms with van der Waals surface area (Å²) in [4.78, 5) is 12.9. The third-order valence-corrected chi connectivity index (χ3v) is 3.86. The zero-order valence-electron chi connectivity index (χ0n) is 10.9. The topological polar surface area (TPSA) is 41.1 Å². The van der Waals surface area contributed by atoms with Gasteiger partial charge >= 0.3 is 0 Å². The molecule has 3 nitrogen and oxygen atoms in total. The van der Waals surface area contributed by atoms with Gasteiger partial charge in [-0.25, -0.2) is 0 Å². The summed E-state index contributed by atoms with van der Waals surface area (Å²) in [5.41, 5.74) is 0.00851. The predicted octanol–water partition coefficient (Wildman–Crippen LogP) is 2.14. The number of hydrogen-bond acceptors (Lipinski definition) is 3. The van der Waals surface area contributed by atoms with E-state index >= 15 is 0 Å². The molecule has 0 unspecified atom stereocenters. The Labute approximate surface area is 108 Å². The first-order chi connectivity index (χ1) is 8.06. The SMILES string of the molecule is CCCNCC(=O)NCC(C)(C)c1cccs1. The van der Waals surface area contributed by atoms with Gasteiger partial charge in [0, 0.05) is 16.8 Å². The molecule has 0 saturated heterocycles. The highest BCUT2D eigenvalue weighted by Crippen LogP contribution is 2.26. The quantitative estimate of drug-likeness (QED) is 0.732. The molecule has 0 aliphatic carbocycles. The van der Waals surface area contributed by atoms with Crippen LogP contribution in [-0.2, 0) is 10.2 Å². The van der Waals surface area contributed by atoms with Crippen LogP contribution in [-0.4, -0.2) is 25.5 Å². The summed E-state index contributed by atoms with van der Waals surface area (Å²) in [7, 11) is 0. The molecule has 0 saturated carbocycles. The van der Waals surface area contributed by atoms with Crippen LogP contribution in [0.3, 0.4) is 0 Å². The first-order valence-corrected chi connectivity index (χ1v) is 6.95. The monoisotopic (exact) mass is 254 g/mol. The van der Waals surface area contributed by atoms with Crippen molar-refractivity contribution in [2.24, 2.45) is 0 Å². The number of amides is 1. The lowest BCUT2D eigenvalue weighted by molar-refractivity contribution is -0.120. The average molecular weight is 254 g/mol. The molecule has 96 valence electrons. The molecule has 4 heteroatoms. The van der Waals surface area contributed by atoms with Crippen molar-refractivity contribution in [2.75, 3.05) is 19.6 Å². The molecule has 0 bridgehead atoms. The van der Waals surface area contributed by atoms with E-state index in [1.807, 2.05) is 6.07 Å². The van der Waals surface area contributed by atoms with E-state index in [1.165, 1.54) is 4.88 Å². The molecule has 1 amide bonds. The normalized spacial score (nSPS) is 11.5. The van der Waals surface area contributed by atoms with E-state index in [1.54, 1.807) is 11.3 Å². The van der Waals surface area contributed by atoms with Gasteiger partial charge in [-0.15, -0.1) is 11.3 Å². The Balaban J connectivity index is 2.32. The van der Waals surface area contributed by atoms with Gasteiger partial charge in [0.1, 0.15) is 0 Å². The molecular weight excluding hydrogens is 232 g/mol. The van der Waals surface area contributed by atoms with Crippen LogP contribution in [0.4, 0.5) is 0 Å². The van der Waals surface area contributed by atoms with Gasteiger partial charge in [-0.2, -0.15) is 0 Å². The summed E-state index contributed by atoms with van der Waals surface area (Å²) < 4.78 is 0. The zero-order chi connectivity index (χ0) is 12.7. The first kappa shape index (κ1) is 14.2. The van der Waals surface area contributed by atoms with E-state index in [4.69, 9.17) is 0 Å². The van der Waals surface area contributed by atoms with Gasteiger partial charge in [0.2, 0.25) is 5.91 Å². The van der Waals surface area contributed by atoms with Crippen LogP contribution in [0, 0.1) is 0 Å². The second-order valence-corrected chi connectivity index (χ2v) is 5.76. The molecule has 0 aliphatic heterocycles.